The predicted molar refractivity (Wildman–Crippen MR) is 109 cm³/mol. The van der Waals surface area contributed by atoms with E-state index in [0.717, 1.165) is 36.1 Å². The Morgan fingerprint density at radius 1 is 0.692 bits per heavy atom. The Kier molecular flexibility index (Phi) is 6.14. The highest BCUT2D eigenvalue weighted by Crippen LogP contribution is 2.40. The molecule has 3 aromatic carbocycles. The van der Waals surface area contributed by atoms with Gasteiger partial charge in [-0.1, -0.05) is 104 Å². The summed E-state index contributed by atoms with van der Waals surface area (Å²) in [5, 5.41) is 0. The summed E-state index contributed by atoms with van der Waals surface area (Å²) in [6, 6.07) is 34.2. The van der Waals surface area contributed by atoms with E-state index in [1.165, 1.54) is 0 Å². The van der Waals surface area contributed by atoms with Gasteiger partial charge in [0.25, 0.3) is 0 Å². The summed E-state index contributed by atoms with van der Waals surface area (Å²) in [6.07, 6.45) is 2.17. The van der Waals surface area contributed by atoms with Crippen molar-refractivity contribution >= 4 is 6.01 Å². The lowest BCUT2D eigenvalue weighted by molar-refractivity contribution is 0.659. The highest BCUT2D eigenvalue weighted by molar-refractivity contribution is 5.55. The molecule has 0 aliphatic heterocycles. The fourth-order valence-electron chi connectivity index (χ4n) is 3.13. The van der Waals surface area contributed by atoms with Gasteiger partial charge < -0.3 is 0 Å². The largest absolute Gasteiger partial charge is 0.226 e. The first-order chi connectivity index (χ1) is 12.9. The molecule has 0 N–H and O–H groups in total. The van der Waals surface area contributed by atoms with Gasteiger partial charge in [-0.25, -0.2) is 9.98 Å². The van der Waals surface area contributed by atoms with Gasteiger partial charge in [-0.3, -0.25) is 0 Å². The topological polar surface area (TPSA) is 24.7 Å². The molecular weight excluding hydrogens is 316 g/mol. The van der Waals surface area contributed by atoms with E-state index < -0.39 is 5.54 Å². The predicted octanol–water partition coefficient (Wildman–Crippen LogP) is 5.95. The van der Waals surface area contributed by atoms with Crippen molar-refractivity contribution in [3.8, 4) is 0 Å². The Morgan fingerprint density at radius 3 is 1.50 bits per heavy atom. The summed E-state index contributed by atoms with van der Waals surface area (Å²) in [5.41, 5.74) is 2.67. The molecule has 0 spiro atoms. The van der Waals surface area contributed by atoms with Gasteiger partial charge in [-0.15, -0.1) is 0 Å². The molecule has 130 valence electrons. The van der Waals surface area contributed by atoms with Crippen LogP contribution in [0.3, 0.4) is 0 Å². The lowest BCUT2D eigenvalue weighted by Crippen LogP contribution is -2.27. The van der Waals surface area contributed by atoms with Crippen molar-refractivity contribution in [2.75, 3.05) is 6.54 Å². The summed E-state index contributed by atoms with van der Waals surface area (Å²) >= 11 is 0. The molecule has 3 aromatic rings. The normalized spacial score (nSPS) is 10.8. The molecule has 0 unspecified atom stereocenters. The van der Waals surface area contributed by atoms with Crippen molar-refractivity contribution in [2.24, 2.45) is 9.98 Å². The number of unbranched alkanes of at least 4 members (excludes halogenated alkanes) is 1. The summed E-state index contributed by atoms with van der Waals surface area (Å²) in [4.78, 5) is 9.33. The second-order valence-electron chi connectivity index (χ2n) is 6.26. The van der Waals surface area contributed by atoms with Gasteiger partial charge in [0.15, 0.2) is 0 Å². The third-order valence-electron chi connectivity index (χ3n) is 4.49. The average Bonchev–Trinajstić information content (AvgIpc) is 2.73. The van der Waals surface area contributed by atoms with E-state index >= 15 is 0 Å². The number of aliphatic imine (C=N–C) groups is 2. The van der Waals surface area contributed by atoms with E-state index in [2.05, 4.69) is 90.7 Å². The maximum Gasteiger partial charge on any atom is 0.147 e. The third-order valence-corrected chi connectivity index (χ3v) is 4.49. The smallest absolute Gasteiger partial charge is 0.147 e. The van der Waals surface area contributed by atoms with Crippen LogP contribution in [0.25, 0.3) is 0 Å². The Hall–Kier alpha value is -2.96. The maximum atomic E-state index is 4.92. The van der Waals surface area contributed by atoms with Crippen LogP contribution in [0.1, 0.15) is 36.5 Å². The van der Waals surface area contributed by atoms with Crippen LogP contribution >= 0.6 is 0 Å². The van der Waals surface area contributed by atoms with E-state index in [1.54, 1.807) is 0 Å². The molecule has 0 bridgehead atoms. The first-order valence-electron chi connectivity index (χ1n) is 9.18. The lowest BCUT2D eigenvalue weighted by Gasteiger charge is -2.30. The molecule has 0 aliphatic rings. The zero-order valence-electron chi connectivity index (χ0n) is 15.2. The van der Waals surface area contributed by atoms with Crippen LogP contribution in [0.5, 0.6) is 0 Å². The molecule has 0 saturated carbocycles. The molecule has 0 radical (unpaired) electrons. The quantitative estimate of drug-likeness (QED) is 0.288. The van der Waals surface area contributed by atoms with Crippen molar-refractivity contribution < 1.29 is 0 Å². The fraction of sp³-hybridized carbons (Fsp3) is 0.208. The van der Waals surface area contributed by atoms with Gasteiger partial charge in [0, 0.05) is 6.54 Å². The molecule has 2 heteroatoms. The highest BCUT2D eigenvalue weighted by Gasteiger charge is 2.35. The van der Waals surface area contributed by atoms with Gasteiger partial charge in [-0.05, 0) is 23.1 Å². The maximum absolute atomic E-state index is 4.92. The average molecular weight is 340 g/mol. The summed E-state index contributed by atoms with van der Waals surface area (Å²) in [6.45, 7) is 2.92. The molecule has 0 heterocycles. The Labute approximate surface area is 156 Å². The number of rotatable bonds is 7. The van der Waals surface area contributed by atoms with E-state index in [-0.39, 0.29) is 0 Å². The van der Waals surface area contributed by atoms with Crippen molar-refractivity contribution in [2.45, 2.75) is 25.3 Å². The van der Waals surface area contributed by atoms with Crippen LogP contribution in [0.15, 0.2) is 101 Å². The van der Waals surface area contributed by atoms with E-state index in [1.807, 2.05) is 18.2 Å². The minimum absolute atomic E-state index is 0.653. The minimum atomic E-state index is -0.653. The van der Waals surface area contributed by atoms with Crippen molar-refractivity contribution in [1.82, 2.24) is 0 Å². The molecule has 0 atom stereocenters. The van der Waals surface area contributed by atoms with Crippen molar-refractivity contribution in [3.63, 3.8) is 0 Å². The van der Waals surface area contributed by atoms with Crippen LogP contribution in [0.2, 0.25) is 0 Å². The molecule has 0 amide bonds. The van der Waals surface area contributed by atoms with Gasteiger partial charge >= 0.3 is 0 Å². The van der Waals surface area contributed by atoms with Crippen molar-refractivity contribution in [1.29, 1.82) is 0 Å². The number of benzene rings is 3. The van der Waals surface area contributed by atoms with E-state index in [9.17, 15) is 0 Å². The second kappa shape index (κ2) is 8.94. The van der Waals surface area contributed by atoms with E-state index in [4.69, 9.17) is 4.99 Å². The first-order valence-corrected chi connectivity index (χ1v) is 9.18. The van der Waals surface area contributed by atoms with E-state index in [0.29, 0.717) is 0 Å². The van der Waals surface area contributed by atoms with Crippen LogP contribution in [0.4, 0.5) is 0 Å². The monoisotopic (exact) mass is 340 g/mol. The Bertz CT molecular complexity index is 752. The van der Waals surface area contributed by atoms with Crippen LogP contribution in [-0.2, 0) is 5.54 Å². The molecular formula is C24H24N2. The molecule has 0 aromatic heterocycles. The third kappa shape index (κ3) is 3.82. The zero-order valence-corrected chi connectivity index (χ0v) is 15.2. The van der Waals surface area contributed by atoms with Gasteiger partial charge in [0.2, 0.25) is 0 Å². The molecule has 2 nitrogen and oxygen atoms in total. The van der Waals surface area contributed by atoms with Crippen LogP contribution < -0.4 is 0 Å². The highest BCUT2D eigenvalue weighted by atomic mass is 14.9. The molecule has 0 aliphatic carbocycles. The Balaban J connectivity index is 2.23. The molecule has 26 heavy (non-hydrogen) atoms. The summed E-state index contributed by atoms with van der Waals surface area (Å²) in [7, 11) is 0. The van der Waals surface area contributed by atoms with Gasteiger partial charge in [-0.2, -0.15) is 0 Å². The minimum Gasteiger partial charge on any atom is -0.226 e. The van der Waals surface area contributed by atoms with Crippen LogP contribution in [-0.4, -0.2) is 12.6 Å². The number of hydrogen-bond donors (Lipinski definition) is 0. The lowest BCUT2D eigenvalue weighted by atomic mass is 9.77. The van der Waals surface area contributed by atoms with Gasteiger partial charge in [0.05, 0.1) is 6.01 Å². The fourth-order valence-corrected chi connectivity index (χ4v) is 3.13. The van der Waals surface area contributed by atoms with Gasteiger partial charge in [0.1, 0.15) is 5.54 Å². The molecule has 0 saturated heterocycles. The zero-order chi connectivity index (χ0) is 18.1. The number of hydrogen-bond acceptors (Lipinski definition) is 2. The first kappa shape index (κ1) is 17.8. The Morgan fingerprint density at radius 2 is 1.12 bits per heavy atom. The second-order valence-corrected chi connectivity index (χ2v) is 6.26. The van der Waals surface area contributed by atoms with Crippen molar-refractivity contribution in [3.05, 3.63) is 108 Å². The summed E-state index contributed by atoms with van der Waals surface area (Å²) < 4.78 is 0. The van der Waals surface area contributed by atoms with Crippen LogP contribution in [0, 0.1) is 0 Å². The summed E-state index contributed by atoms with van der Waals surface area (Å²) in [5.74, 6) is 0. The molecule has 3 rings (SSSR count). The standard InChI is InChI=1S/C24H24N2/c1-2-3-19-25-20-26-24(21-13-7-4-8-14-21,22-15-9-5-10-16-22)23-17-11-6-12-18-23/h4-18H,2-3,19H2,1H3. The molecule has 0 fully saturated rings. The SMILES string of the molecule is CCCCN=C=NC(c1ccccc1)(c1ccccc1)c1ccccc1. The number of nitrogens with zero attached hydrogens (tertiary/aromatic N) is 2.